The normalized spacial score (nSPS) is 11.5. The third-order valence-corrected chi connectivity index (χ3v) is 5.04. The summed E-state index contributed by atoms with van der Waals surface area (Å²) in [5.74, 6) is 1.18. The van der Waals surface area contributed by atoms with Crippen molar-refractivity contribution in [1.29, 1.82) is 0 Å². The first kappa shape index (κ1) is 25.0. The van der Waals surface area contributed by atoms with E-state index in [4.69, 9.17) is 28.8 Å². The van der Waals surface area contributed by atoms with Crippen molar-refractivity contribution < 1.29 is 28.8 Å². The van der Waals surface area contributed by atoms with Crippen molar-refractivity contribution in [2.75, 3.05) is 66.1 Å². The number of hydrogen-bond donors (Lipinski definition) is 1. The first-order valence-corrected chi connectivity index (χ1v) is 11.6. The lowest BCUT2D eigenvalue weighted by molar-refractivity contribution is -0.00789. The summed E-state index contributed by atoms with van der Waals surface area (Å²) in [6.45, 7) is 4.11. The highest BCUT2D eigenvalue weighted by molar-refractivity contribution is 5.79. The van der Waals surface area contributed by atoms with Gasteiger partial charge in [-0.15, -0.1) is 0 Å². The van der Waals surface area contributed by atoms with Crippen LogP contribution in [0, 0.1) is 0 Å². The summed E-state index contributed by atoms with van der Waals surface area (Å²) in [6.07, 6.45) is 3.72. The molecule has 0 saturated carbocycles. The van der Waals surface area contributed by atoms with Crippen LogP contribution in [0.4, 0.5) is 0 Å². The molecule has 186 valence electrons. The second-order valence-corrected chi connectivity index (χ2v) is 7.49. The van der Waals surface area contributed by atoms with Crippen LogP contribution in [0.15, 0.2) is 54.9 Å². The predicted octanol–water partition coefficient (Wildman–Crippen LogP) is 2.38. The maximum atomic E-state index is 8.58. The number of aliphatic hydroxyl groups excluding tert-OH is 1. The first-order valence-electron chi connectivity index (χ1n) is 11.6. The summed E-state index contributed by atoms with van der Waals surface area (Å²) in [6, 6.07) is 13.7. The molecular formula is C25H30N4O6. The number of nitrogens with zero attached hydrogens (tertiary/aromatic N) is 4. The Kier molecular flexibility index (Phi) is 9.74. The number of hydrogen-bond acceptors (Lipinski definition) is 9. The molecule has 0 aliphatic heterocycles. The molecule has 1 N–H and O–H groups in total. The Hall–Kier alpha value is -3.15. The average molecular weight is 483 g/mol. The summed E-state index contributed by atoms with van der Waals surface area (Å²) in [5.41, 5.74) is 3.64. The fourth-order valence-electron chi connectivity index (χ4n) is 3.36. The summed E-state index contributed by atoms with van der Waals surface area (Å²) in [5, 5.41) is 8.58. The molecule has 0 radical (unpaired) electrons. The van der Waals surface area contributed by atoms with E-state index in [1.54, 1.807) is 6.20 Å². The Morgan fingerprint density at radius 2 is 1.40 bits per heavy atom. The zero-order valence-corrected chi connectivity index (χ0v) is 19.5. The number of imidazole rings is 1. The highest BCUT2D eigenvalue weighted by Crippen LogP contribution is 2.21. The van der Waals surface area contributed by atoms with Gasteiger partial charge in [0.25, 0.3) is 0 Å². The maximum absolute atomic E-state index is 8.58. The van der Waals surface area contributed by atoms with E-state index in [9.17, 15) is 0 Å². The Balaban J connectivity index is 1.10. The van der Waals surface area contributed by atoms with Gasteiger partial charge >= 0.3 is 0 Å². The molecule has 0 spiro atoms. The standard InChI is InChI=1S/C25H30N4O6/c30-9-10-31-11-12-32-13-14-33-15-16-34-17-18-35-24-6-5-20(19-26-24)21-7-8-29-23-4-2-1-3-22(23)28-25(29)27-21/h1-8,19,30H,9-18H2. The Morgan fingerprint density at radius 1 is 0.714 bits per heavy atom. The quantitative estimate of drug-likeness (QED) is 0.241. The van der Waals surface area contributed by atoms with Crippen LogP contribution in [-0.4, -0.2) is 90.5 Å². The van der Waals surface area contributed by atoms with E-state index in [1.807, 2.05) is 53.1 Å². The maximum Gasteiger partial charge on any atom is 0.235 e. The van der Waals surface area contributed by atoms with Gasteiger partial charge in [-0.25, -0.2) is 15.0 Å². The van der Waals surface area contributed by atoms with Crippen molar-refractivity contribution in [3.63, 3.8) is 0 Å². The molecule has 3 heterocycles. The number of rotatable bonds is 16. The molecule has 0 bridgehead atoms. The Labute approximate surface area is 203 Å². The van der Waals surface area contributed by atoms with E-state index in [0.29, 0.717) is 71.1 Å². The number of benzene rings is 1. The smallest absolute Gasteiger partial charge is 0.235 e. The molecule has 10 heteroatoms. The molecule has 0 amide bonds. The van der Waals surface area contributed by atoms with Crippen molar-refractivity contribution >= 4 is 16.8 Å². The van der Waals surface area contributed by atoms with Crippen LogP contribution < -0.4 is 4.74 Å². The molecule has 10 nitrogen and oxygen atoms in total. The summed E-state index contributed by atoms with van der Waals surface area (Å²) < 4.78 is 29.0. The molecule has 0 saturated heterocycles. The van der Waals surface area contributed by atoms with Gasteiger partial charge in [0.05, 0.1) is 76.2 Å². The lowest BCUT2D eigenvalue weighted by Gasteiger charge is -2.08. The fraction of sp³-hybridized carbons (Fsp3) is 0.400. The number of aliphatic hydroxyl groups is 1. The zero-order chi connectivity index (χ0) is 24.1. The minimum Gasteiger partial charge on any atom is -0.475 e. The third-order valence-electron chi connectivity index (χ3n) is 5.04. The third kappa shape index (κ3) is 7.41. The van der Waals surface area contributed by atoms with Crippen LogP contribution in [-0.2, 0) is 18.9 Å². The lowest BCUT2D eigenvalue weighted by atomic mass is 10.2. The van der Waals surface area contributed by atoms with E-state index >= 15 is 0 Å². The van der Waals surface area contributed by atoms with E-state index in [2.05, 4.69) is 15.0 Å². The van der Waals surface area contributed by atoms with Gasteiger partial charge in [0.1, 0.15) is 6.61 Å². The number of para-hydroxylation sites is 2. The summed E-state index contributed by atoms with van der Waals surface area (Å²) in [7, 11) is 0. The van der Waals surface area contributed by atoms with Crippen LogP contribution in [0.2, 0.25) is 0 Å². The minimum atomic E-state index is 0.0249. The molecule has 4 rings (SSSR count). The number of fused-ring (bicyclic) bond motifs is 3. The van der Waals surface area contributed by atoms with Gasteiger partial charge in [0.2, 0.25) is 11.7 Å². The SMILES string of the molecule is OCCOCCOCCOCCOCCOc1ccc(-c2ccn3c(n2)nc2ccccc23)cn1. The van der Waals surface area contributed by atoms with Gasteiger partial charge in [0.15, 0.2) is 0 Å². The van der Waals surface area contributed by atoms with Crippen molar-refractivity contribution in [3.8, 4) is 17.1 Å². The minimum absolute atomic E-state index is 0.0249. The van der Waals surface area contributed by atoms with Crippen LogP contribution in [0.5, 0.6) is 5.88 Å². The first-order chi connectivity index (χ1) is 17.3. The van der Waals surface area contributed by atoms with Crippen LogP contribution >= 0.6 is 0 Å². The lowest BCUT2D eigenvalue weighted by Crippen LogP contribution is -2.14. The summed E-state index contributed by atoms with van der Waals surface area (Å²) in [4.78, 5) is 13.6. The number of aromatic nitrogens is 4. The molecule has 0 aliphatic carbocycles. The van der Waals surface area contributed by atoms with Crippen LogP contribution in [0.25, 0.3) is 28.1 Å². The largest absolute Gasteiger partial charge is 0.475 e. The van der Waals surface area contributed by atoms with Gasteiger partial charge in [-0.05, 0) is 24.3 Å². The molecule has 0 fully saturated rings. The second kappa shape index (κ2) is 13.7. The van der Waals surface area contributed by atoms with Gasteiger partial charge in [-0.2, -0.15) is 0 Å². The molecule has 35 heavy (non-hydrogen) atoms. The van der Waals surface area contributed by atoms with Crippen molar-refractivity contribution in [2.24, 2.45) is 0 Å². The molecule has 0 aliphatic rings. The molecule has 0 unspecified atom stereocenters. The Morgan fingerprint density at radius 3 is 2.09 bits per heavy atom. The number of ether oxygens (including phenoxy) is 5. The van der Waals surface area contributed by atoms with E-state index in [-0.39, 0.29) is 6.61 Å². The number of pyridine rings is 1. The van der Waals surface area contributed by atoms with Crippen molar-refractivity contribution in [2.45, 2.75) is 0 Å². The topological polar surface area (TPSA) is 109 Å². The van der Waals surface area contributed by atoms with Crippen LogP contribution in [0.1, 0.15) is 0 Å². The average Bonchev–Trinajstić information content (AvgIpc) is 3.27. The van der Waals surface area contributed by atoms with Crippen molar-refractivity contribution in [1.82, 2.24) is 19.4 Å². The zero-order valence-electron chi connectivity index (χ0n) is 19.5. The predicted molar refractivity (Wildman–Crippen MR) is 130 cm³/mol. The van der Waals surface area contributed by atoms with E-state index in [1.165, 1.54) is 0 Å². The fourth-order valence-corrected chi connectivity index (χ4v) is 3.36. The molecular weight excluding hydrogens is 452 g/mol. The monoisotopic (exact) mass is 482 g/mol. The van der Waals surface area contributed by atoms with Gasteiger partial charge < -0.3 is 28.8 Å². The van der Waals surface area contributed by atoms with Gasteiger partial charge in [-0.3, -0.25) is 4.40 Å². The molecule has 0 atom stereocenters. The Bertz CT molecular complexity index is 1170. The highest BCUT2D eigenvalue weighted by atomic mass is 16.6. The second-order valence-electron chi connectivity index (χ2n) is 7.49. The van der Waals surface area contributed by atoms with Gasteiger partial charge in [-0.1, -0.05) is 12.1 Å². The van der Waals surface area contributed by atoms with Gasteiger partial charge in [0, 0.05) is 24.0 Å². The highest BCUT2D eigenvalue weighted by Gasteiger charge is 2.08. The summed E-state index contributed by atoms with van der Waals surface area (Å²) >= 11 is 0. The van der Waals surface area contributed by atoms with Crippen LogP contribution in [0.3, 0.4) is 0 Å². The van der Waals surface area contributed by atoms with E-state index < -0.39 is 0 Å². The molecule has 1 aromatic carbocycles. The van der Waals surface area contributed by atoms with Crippen molar-refractivity contribution in [3.05, 3.63) is 54.9 Å². The molecule has 3 aromatic heterocycles. The van der Waals surface area contributed by atoms with E-state index in [0.717, 1.165) is 22.3 Å². The molecule has 4 aromatic rings.